The molecule has 1 rings (SSSR count). The maximum absolute atomic E-state index is 11.1. The Morgan fingerprint density at radius 3 is 2.59 bits per heavy atom. The van der Waals surface area contributed by atoms with Gasteiger partial charge in [-0.25, -0.2) is 4.79 Å². The maximum Gasteiger partial charge on any atom is 0.352 e. The molecule has 0 aromatic heterocycles. The van der Waals surface area contributed by atoms with Gasteiger partial charge < -0.3 is 19.9 Å². The first-order chi connectivity index (χ1) is 10.4. The molecule has 2 N–H and O–H groups in total. The van der Waals surface area contributed by atoms with Gasteiger partial charge in [0.05, 0.1) is 17.3 Å². The summed E-state index contributed by atoms with van der Waals surface area (Å²) in [6.45, 7) is 3.82. The minimum Gasteiger partial charge on any atom is -0.493 e. The van der Waals surface area contributed by atoms with Crippen molar-refractivity contribution in [2.24, 2.45) is 0 Å². The monoisotopic (exact) mass is 419 g/mol. The van der Waals surface area contributed by atoms with E-state index in [0.29, 0.717) is 23.7 Å². The van der Waals surface area contributed by atoms with Crippen LogP contribution < -0.4 is 14.8 Å². The molecule has 0 aliphatic heterocycles. The van der Waals surface area contributed by atoms with Crippen molar-refractivity contribution in [3.05, 3.63) is 27.0 Å². The highest BCUT2D eigenvalue weighted by molar-refractivity contribution is 14.1. The average molecular weight is 419 g/mol. The van der Waals surface area contributed by atoms with Crippen LogP contribution in [0.25, 0.3) is 6.08 Å². The fraction of sp³-hybridized carbons (Fsp3) is 0.333. The number of hydrogen-bond donors (Lipinski definition) is 2. The summed E-state index contributed by atoms with van der Waals surface area (Å²) >= 11 is 2.10. The van der Waals surface area contributed by atoms with Crippen LogP contribution in [0.1, 0.15) is 25.8 Å². The van der Waals surface area contributed by atoms with Crippen LogP contribution in [0.2, 0.25) is 0 Å². The molecular formula is C15H18INO5. The largest absolute Gasteiger partial charge is 0.493 e. The lowest BCUT2D eigenvalue weighted by atomic mass is 10.1. The fourth-order valence-corrected chi connectivity index (χ4v) is 2.46. The van der Waals surface area contributed by atoms with Gasteiger partial charge in [-0.3, -0.25) is 4.79 Å². The van der Waals surface area contributed by atoms with Gasteiger partial charge in [0.15, 0.2) is 11.5 Å². The van der Waals surface area contributed by atoms with Crippen molar-refractivity contribution in [3.8, 4) is 11.5 Å². The van der Waals surface area contributed by atoms with E-state index in [4.69, 9.17) is 14.6 Å². The number of carboxylic acid groups (broad SMARTS) is 1. The molecule has 120 valence electrons. The van der Waals surface area contributed by atoms with E-state index < -0.39 is 11.9 Å². The van der Waals surface area contributed by atoms with Gasteiger partial charge in [0.1, 0.15) is 5.70 Å². The topological polar surface area (TPSA) is 84.9 Å². The second-order valence-corrected chi connectivity index (χ2v) is 5.59. The molecule has 0 aliphatic rings. The number of hydrogen-bond acceptors (Lipinski definition) is 4. The Labute approximate surface area is 142 Å². The highest BCUT2D eigenvalue weighted by atomic mass is 127. The number of benzene rings is 1. The van der Waals surface area contributed by atoms with Crippen molar-refractivity contribution in [2.75, 3.05) is 13.7 Å². The van der Waals surface area contributed by atoms with Crippen molar-refractivity contribution >= 4 is 40.5 Å². The third-order valence-electron chi connectivity index (χ3n) is 2.55. The molecule has 0 saturated carbocycles. The van der Waals surface area contributed by atoms with E-state index in [9.17, 15) is 9.59 Å². The molecule has 0 bridgehead atoms. The van der Waals surface area contributed by atoms with E-state index in [1.54, 1.807) is 12.1 Å². The number of ether oxygens (including phenoxy) is 2. The maximum atomic E-state index is 11.1. The molecule has 0 unspecified atom stereocenters. The summed E-state index contributed by atoms with van der Waals surface area (Å²) < 4.78 is 11.7. The minimum absolute atomic E-state index is 0.201. The zero-order valence-corrected chi connectivity index (χ0v) is 14.8. The number of methoxy groups -OCH3 is 1. The quantitative estimate of drug-likeness (QED) is 0.525. The van der Waals surface area contributed by atoms with Crippen LogP contribution in [-0.4, -0.2) is 30.7 Å². The SMILES string of the molecule is CCCOc1c(I)cc(/C=C(/NC(C)=O)C(=O)O)cc1OC. The summed E-state index contributed by atoms with van der Waals surface area (Å²) in [5, 5.41) is 11.4. The number of aliphatic carboxylic acids is 1. The lowest BCUT2D eigenvalue weighted by molar-refractivity contribution is -0.134. The van der Waals surface area contributed by atoms with E-state index in [1.807, 2.05) is 6.92 Å². The summed E-state index contributed by atoms with van der Waals surface area (Å²) in [6.07, 6.45) is 2.24. The molecule has 0 heterocycles. The Morgan fingerprint density at radius 2 is 2.09 bits per heavy atom. The third-order valence-corrected chi connectivity index (χ3v) is 3.36. The first-order valence-corrected chi connectivity index (χ1v) is 7.69. The fourth-order valence-electron chi connectivity index (χ4n) is 1.67. The first-order valence-electron chi connectivity index (χ1n) is 6.62. The molecule has 22 heavy (non-hydrogen) atoms. The van der Waals surface area contributed by atoms with Crippen LogP contribution in [0.5, 0.6) is 11.5 Å². The number of nitrogens with one attached hydrogen (secondary N) is 1. The second kappa shape index (κ2) is 8.62. The Bertz CT molecular complexity index is 598. The van der Waals surface area contributed by atoms with Crippen molar-refractivity contribution < 1.29 is 24.2 Å². The molecule has 0 saturated heterocycles. The first kappa shape index (κ1) is 18.3. The van der Waals surface area contributed by atoms with Gasteiger partial charge in [-0.05, 0) is 52.8 Å². The molecule has 1 aromatic rings. The molecule has 0 fully saturated rings. The number of carbonyl (C=O) groups excluding carboxylic acids is 1. The van der Waals surface area contributed by atoms with Crippen LogP contribution in [0.3, 0.4) is 0 Å². The number of amides is 1. The Morgan fingerprint density at radius 1 is 1.41 bits per heavy atom. The zero-order valence-electron chi connectivity index (χ0n) is 12.6. The molecule has 7 heteroatoms. The van der Waals surface area contributed by atoms with Crippen LogP contribution in [0.15, 0.2) is 17.8 Å². The Kier molecular flexibility index (Phi) is 7.16. The van der Waals surface area contributed by atoms with Gasteiger partial charge in [-0.1, -0.05) is 6.92 Å². The van der Waals surface area contributed by atoms with Crippen LogP contribution in [-0.2, 0) is 9.59 Å². The summed E-state index contributed by atoms with van der Waals surface area (Å²) in [5.74, 6) is -0.522. The Hall–Kier alpha value is -1.77. The van der Waals surface area contributed by atoms with Crippen LogP contribution >= 0.6 is 22.6 Å². The lowest BCUT2D eigenvalue weighted by Crippen LogP contribution is -2.24. The van der Waals surface area contributed by atoms with E-state index in [0.717, 1.165) is 9.99 Å². The van der Waals surface area contributed by atoms with Gasteiger partial charge in [-0.2, -0.15) is 0 Å². The number of halogens is 1. The van der Waals surface area contributed by atoms with Crippen molar-refractivity contribution in [1.82, 2.24) is 5.32 Å². The lowest BCUT2D eigenvalue weighted by Gasteiger charge is -2.13. The predicted octanol–water partition coefficient (Wildman–Crippen LogP) is 2.65. The van der Waals surface area contributed by atoms with Crippen molar-refractivity contribution in [2.45, 2.75) is 20.3 Å². The molecule has 0 radical (unpaired) electrons. The third kappa shape index (κ3) is 5.21. The molecule has 0 aliphatic carbocycles. The summed E-state index contributed by atoms with van der Waals surface area (Å²) in [6, 6.07) is 3.43. The van der Waals surface area contributed by atoms with Crippen LogP contribution in [0.4, 0.5) is 0 Å². The molecular weight excluding hydrogens is 401 g/mol. The van der Waals surface area contributed by atoms with Gasteiger partial charge >= 0.3 is 5.97 Å². The highest BCUT2D eigenvalue weighted by Crippen LogP contribution is 2.34. The van der Waals surface area contributed by atoms with Gasteiger partial charge in [0.25, 0.3) is 0 Å². The standard InChI is InChI=1S/C15H18INO5/c1-4-5-22-14-11(16)6-10(8-13(14)21-3)7-12(15(19)20)17-9(2)18/h6-8H,4-5H2,1-3H3,(H,17,18)(H,19,20)/b12-7+. The normalized spacial score (nSPS) is 11.0. The highest BCUT2D eigenvalue weighted by Gasteiger charge is 2.13. The van der Waals surface area contributed by atoms with Gasteiger partial charge in [0, 0.05) is 6.92 Å². The molecule has 1 aromatic carbocycles. The van der Waals surface area contributed by atoms with E-state index in [1.165, 1.54) is 20.1 Å². The smallest absolute Gasteiger partial charge is 0.352 e. The second-order valence-electron chi connectivity index (χ2n) is 4.43. The summed E-state index contributed by atoms with van der Waals surface area (Å²) in [7, 11) is 1.52. The van der Waals surface area contributed by atoms with Gasteiger partial charge in [-0.15, -0.1) is 0 Å². The van der Waals surface area contributed by atoms with Crippen LogP contribution in [0, 0.1) is 3.57 Å². The van der Waals surface area contributed by atoms with E-state index >= 15 is 0 Å². The molecule has 0 spiro atoms. The average Bonchev–Trinajstić information content (AvgIpc) is 2.44. The number of rotatable bonds is 7. The van der Waals surface area contributed by atoms with Gasteiger partial charge in [0.2, 0.25) is 5.91 Å². The predicted molar refractivity (Wildman–Crippen MR) is 90.9 cm³/mol. The van der Waals surface area contributed by atoms with Crippen molar-refractivity contribution in [3.63, 3.8) is 0 Å². The van der Waals surface area contributed by atoms with Crippen molar-refractivity contribution in [1.29, 1.82) is 0 Å². The molecule has 6 nitrogen and oxygen atoms in total. The summed E-state index contributed by atoms with van der Waals surface area (Å²) in [4.78, 5) is 22.2. The number of carboxylic acids is 1. The van der Waals surface area contributed by atoms with E-state index in [-0.39, 0.29) is 5.70 Å². The molecule has 0 atom stereocenters. The Balaban J connectivity index is 3.22. The number of carbonyl (C=O) groups is 2. The van der Waals surface area contributed by atoms with E-state index in [2.05, 4.69) is 27.9 Å². The summed E-state index contributed by atoms with van der Waals surface area (Å²) in [5.41, 5.74) is 0.392. The zero-order chi connectivity index (χ0) is 16.7. The molecule has 1 amide bonds. The minimum atomic E-state index is -1.21.